The van der Waals surface area contributed by atoms with Crippen LogP contribution in [0.15, 0.2) is 15.4 Å². The maximum absolute atomic E-state index is 3.69. The molecule has 1 aromatic carbocycles. The van der Waals surface area contributed by atoms with Crippen molar-refractivity contribution in [1.29, 1.82) is 0 Å². The zero-order valence-electron chi connectivity index (χ0n) is 11.5. The zero-order chi connectivity index (χ0) is 13.0. The van der Waals surface area contributed by atoms with Crippen LogP contribution in [0, 0.1) is 19.8 Å². The molecule has 1 aliphatic heterocycles. The summed E-state index contributed by atoms with van der Waals surface area (Å²) in [6.45, 7) is 14.0. The normalized spacial score (nSPS) is 26.8. The Morgan fingerprint density at radius 1 is 1.24 bits per heavy atom. The van der Waals surface area contributed by atoms with Gasteiger partial charge in [0.25, 0.3) is 0 Å². The monoisotopic (exact) mass is 312 g/mol. The first-order valence-electron chi connectivity index (χ1n) is 6.24. The molecule has 0 nitrogen and oxygen atoms in total. The van der Waals surface area contributed by atoms with Crippen molar-refractivity contribution in [3.8, 4) is 0 Å². The van der Waals surface area contributed by atoms with E-state index in [1.807, 2.05) is 0 Å². The number of rotatable bonds is 0. The van der Waals surface area contributed by atoms with Gasteiger partial charge in [-0.05, 0) is 48.4 Å². The molecule has 0 N–H and O–H groups in total. The lowest BCUT2D eigenvalue weighted by Crippen LogP contribution is -2.33. The maximum atomic E-state index is 3.69. The molecule has 2 heteroatoms. The molecule has 1 aliphatic rings. The molecular weight excluding hydrogens is 292 g/mol. The van der Waals surface area contributed by atoms with Gasteiger partial charge in [0.05, 0.1) is 0 Å². The van der Waals surface area contributed by atoms with Crippen molar-refractivity contribution in [3.05, 3.63) is 27.2 Å². The summed E-state index contributed by atoms with van der Waals surface area (Å²) >= 11 is 5.75. The van der Waals surface area contributed by atoms with Crippen LogP contribution in [0.4, 0.5) is 0 Å². The van der Waals surface area contributed by atoms with Gasteiger partial charge in [-0.15, -0.1) is 11.8 Å². The van der Waals surface area contributed by atoms with Gasteiger partial charge in [0.1, 0.15) is 0 Å². The Hall–Kier alpha value is 0.0500. The van der Waals surface area contributed by atoms with E-state index in [4.69, 9.17) is 0 Å². The molecular formula is C15H21BrS. The molecule has 0 saturated heterocycles. The summed E-state index contributed by atoms with van der Waals surface area (Å²) in [6, 6.07) is 2.26. The van der Waals surface area contributed by atoms with Crippen molar-refractivity contribution in [2.75, 3.05) is 0 Å². The number of thioether (sulfide) groups is 1. The Labute approximate surface area is 118 Å². The first-order chi connectivity index (χ1) is 7.75. The molecule has 0 radical (unpaired) electrons. The van der Waals surface area contributed by atoms with Gasteiger partial charge in [-0.1, -0.05) is 43.6 Å². The van der Waals surface area contributed by atoms with Crippen molar-refractivity contribution >= 4 is 27.7 Å². The summed E-state index contributed by atoms with van der Waals surface area (Å²) < 4.78 is 1.59. The van der Waals surface area contributed by atoms with E-state index >= 15 is 0 Å². The van der Waals surface area contributed by atoms with Crippen LogP contribution in [0.3, 0.4) is 0 Å². The summed E-state index contributed by atoms with van der Waals surface area (Å²) in [5, 5.41) is 0. The minimum absolute atomic E-state index is 0.331. The molecule has 2 unspecified atom stereocenters. The van der Waals surface area contributed by atoms with Gasteiger partial charge in [-0.25, -0.2) is 0 Å². The topological polar surface area (TPSA) is 0 Å². The second-order valence-electron chi connectivity index (χ2n) is 5.83. The lowest BCUT2D eigenvalue weighted by atomic mass is 9.78. The molecule has 17 heavy (non-hydrogen) atoms. The molecule has 94 valence electrons. The molecule has 0 fully saturated rings. The third-order valence-electron chi connectivity index (χ3n) is 4.38. The van der Waals surface area contributed by atoms with Crippen molar-refractivity contribution in [2.45, 2.75) is 57.1 Å². The molecule has 0 aliphatic carbocycles. The standard InChI is InChI=1S/C15H21BrS/c1-8-7-12(16)10(3)13-9(2)11(4)15(5,6)17-14(8)13/h7,9,11H,1-6H3. The van der Waals surface area contributed by atoms with Gasteiger partial charge in [0.15, 0.2) is 0 Å². The average Bonchev–Trinajstić information content (AvgIpc) is 2.22. The van der Waals surface area contributed by atoms with Crippen molar-refractivity contribution in [1.82, 2.24) is 0 Å². The van der Waals surface area contributed by atoms with Gasteiger partial charge >= 0.3 is 0 Å². The lowest BCUT2D eigenvalue weighted by Gasteiger charge is -2.43. The fourth-order valence-corrected chi connectivity index (χ4v) is 4.91. The fraction of sp³-hybridized carbons (Fsp3) is 0.600. The SMILES string of the molecule is Cc1cc(Br)c(C)c2c1SC(C)(C)C(C)C2C. The summed E-state index contributed by atoms with van der Waals surface area (Å²) in [4.78, 5) is 1.52. The van der Waals surface area contributed by atoms with E-state index < -0.39 is 0 Å². The van der Waals surface area contributed by atoms with Crippen molar-refractivity contribution in [3.63, 3.8) is 0 Å². The third-order valence-corrected chi connectivity index (χ3v) is 6.84. The second-order valence-corrected chi connectivity index (χ2v) is 8.34. The summed E-state index contributed by atoms with van der Waals surface area (Å²) in [6.07, 6.45) is 0. The molecule has 0 spiro atoms. The Morgan fingerprint density at radius 2 is 1.82 bits per heavy atom. The molecule has 1 aromatic rings. The van der Waals surface area contributed by atoms with Crippen LogP contribution in [-0.4, -0.2) is 4.75 Å². The van der Waals surface area contributed by atoms with Gasteiger partial charge < -0.3 is 0 Å². The molecule has 2 atom stereocenters. The van der Waals surface area contributed by atoms with Crippen molar-refractivity contribution < 1.29 is 0 Å². The number of benzene rings is 1. The predicted octanol–water partition coefficient (Wildman–Crippen LogP) is 5.69. The highest BCUT2D eigenvalue weighted by molar-refractivity contribution is 9.10. The molecule has 2 rings (SSSR count). The number of fused-ring (bicyclic) bond motifs is 1. The first kappa shape index (κ1) is 13.5. The first-order valence-corrected chi connectivity index (χ1v) is 7.85. The van der Waals surface area contributed by atoms with E-state index in [0.29, 0.717) is 16.6 Å². The summed E-state index contributed by atoms with van der Waals surface area (Å²) in [5.41, 5.74) is 4.40. The minimum Gasteiger partial charge on any atom is -0.119 e. The van der Waals surface area contributed by atoms with Crippen LogP contribution in [0.5, 0.6) is 0 Å². The average molecular weight is 313 g/mol. The van der Waals surface area contributed by atoms with Crippen LogP contribution in [0.25, 0.3) is 0 Å². The van der Waals surface area contributed by atoms with Crippen LogP contribution in [-0.2, 0) is 0 Å². The van der Waals surface area contributed by atoms with Gasteiger partial charge in [0.2, 0.25) is 0 Å². The van der Waals surface area contributed by atoms with E-state index in [-0.39, 0.29) is 0 Å². The molecule has 0 amide bonds. The van der Waals surface area contributed by atoms with Crippen LogP contribution in [0.1, 0.15) is 50.3 Å². The highest BCUT2D eigenvalue weighted by Crippen LogP contribution is 2.54. The fourth-order valence-electron chi connectivity index (χ4n) is 2.77. The van der Waals surface area contributed by atoms with E-state index in [0.717, 1.165) is 0 Å². The van der Waals surface area contributed by atoms with Crippen LogP contribution < -0.4 is 0 Å². The van der Waals surface area contributed by atoms with Crippen LogP contribution >= 0.6 is 27.7 Å². The molecule has 1 heterocycles. The van der Waals surface area contributed by atoms with Crippen molar-refractivity contribution in [2.24, 2.45) is 5.92 Å². The highest BCUT2D eigenvalue weighted by Gasteiger charge is 2.39. The zero-order valence-corrected chi connectivity index (χ0v) is 13.9. The van der Waals surface area contributed by atoms with E-state index in [2.05, 4.69) is 75.3 Å². The summed E-state index contributed by atoms with van der Waals surface area (Å²) in [7, 11) is 0. The van der Waals surface area contributed by atoms with Gasteiger partial charge in [-0.3, -0.25) is 0 Å². The summed E-state index contributed by atoms with van der Waals surface area (Å²) in [5.74, 6) is 1.34. The number of halogens is 1. The Kier molecular flexibility index (Phi) is 3.42. The molecule has 0 saturated carbocycles. The van der Waals surface area contributed by atoms with E-state index in [9.17, 15) is 0 Å². The second kappa shape index (κ2) is 4.31. The third kappa shape index (κ3) is 2.08. The Balaban J connectivity index is 2.69. The van der Waals surface area contributed by atoms with Crippen LogP contribution in [0.2, 0.25) is 0 Å². The molecule has 0 bridgehead atoms. The highest BCUT2D eigenvalue weighted by atomic mass is 79.9. The Morgan fingerprint density at radius 3 is 2.41 bits per heavy atom. The van der Waals surface area contributed by atoms with E-state index in [1.54, 1.807) is 5.56 Å². The van der Waals surface area contributed by atoms with E-state index in [1.165, 1.54) is 20.5 Å². The number of aryl methyl sites for hydroxylation is 1. The smallest absolute Gasteiger partial charge is 0.0210 e. The largest absolute Gasteiger partial charge is 0.119 e. The van der Waals surface area contributed by atoms with Gasteiger partial charge in [0, 0.05) is 14.1 Å². The predicted molar refractivity (Wildman–Crippen MR) is 81.1 cm³/mol. The lowest BCUT2D eigenvalue weighted by molar-refractivity contribution is 0.383. The minimum atomic E-state index is 0.331. The molecule has 0 aromatic heterocycles. The quantitative estimate of drug-likeness (QED) is 0.593. The maximum Gasteiger partial charge on any atom is 0.0210 e. The Bertz CT molecular complexity index is 462. The number of hydrogen-bond acceptors (Lipinski definition) is 1. The van der Waals surface area contributed by atoms with Gasteiger partial charge in [-0.2, -0.15) is 0 Å². The number of hydrogen-bond donors (Lipinski definition) is 0.